The highest BCUT2D eigenvalue weighted by Crippen LogP contribution is 2.14. The molecule has 0 fully saturated rings. The number of carbonyl (C=O) groups is 3. The third kappa shape index (κ3) is 54.6. The Bertz CT molecular complexity index is 1470. The van der Waals surface area contributed by atoms with Crippen molar-refractivity contribution in [3.05, 3.63) is 122 Å². The van der Waals surface area contributed by atoms with E-state index in [1.807, 2.05) is 6.08 Å². The second-order valence-corrected chi connectivity index (χ2v) is 18.1. The van der Waals surface area contributed by atoms with E-state index in [4.69, 9.17) is 14.2 Å². The summed E-state index contributed by atoms with van der Waals surface area (Å²) in [6.07, 6.45) is 77.9. The molecule has 1 unspecified atom stereocenters. The number of carbonyl (C=O) groups excluding carboxylic acids is 3. The molecule has 0 aromatic heterocycles. The van der Waals surface area contributed by atoms with Crippen molar-refractivity contribution in [2.75, 3.05) is 13.2 Å². The van der Waals surface area contributed by atoms with Gasteiger partial charge in [0.15, 0.2) is 6.10 Å². The fourth-order valence-corrected chi connectivity index (χ4v) is 7.33. The van der Waals surface area contributed by atoms with Gasteiger partial charge in [-0.3, -0.25) is 14.4 Å². The van der Waals surface area contributed by atoms with Crippen molar-refractivity contribution >= 4 is 17.9 Å². The Morgan fingerprint density at radius 1 is 0.319 bits per heavy atom. The van der Waals surface area contributed by atoms with Crippen molar-refractivity contribution in [3.8, 4) is 0 Å². The molecule has 0 aliphatic carbocycles. The molecule has 0 saturated carbocycles. The van der Waals surface area contributed by atoms with Crippen LogP contribution in [0.15, 0.2) is 122 Å². The van der Waals surface area contributed by atoms with Crippen LogP contribution in [0.5, 0.6) is 0 Å². The molecule has 1 atom stereocenters. The molecule has 0 bridgehead atoms. The molecule has 0 rings (SSSR count). The summed E-state index contributed by atoms with van der Waals surface area (Å²) < 4.78 is 16.7. The Kier molecular flexibility index (Phi) is 53.0. The van der Waals surface area contributed by atoms with E-state index in [2.05, 4.69) is 130 Å². The molecule has 390 valence electrons. The van der Waals surface area contributed by atoms with Crippen LogP contribution in [0.4, 0.5) is 0 Å². The summed E-state index contributed by atoms with van der Waals surface area (Å²) >= 11 is 0. The van der Waals surface area contributed by atoms with Crippen LogP contribution in [-0.2, 0) is 28.6 Å². The molecule has 6 nitrogen and oxygen atoms in total. The average Bonchev–Trinajstić information content (AvgIpc) is 3.35. The lowest BCUT2D eigenvalue weighted by Gasteiger charge is -2.18. The minimum atomic E-state index is -0.845. The Labute approximate surface area is 424 Å². The molecule has 6 heteroatoms. The van der Waals surface area contributed by atoms with Gasteiger partial charge in [0.25, 0.3) is 0 Å². The van der Waals surface area contributed by atoms with Crippen molar-refractivity contribution in [2.24, 2.45) is 0 Å². The standard InChI is InChI=1S/C63H102O6/c1-4-7-10-13-16-19-22-25-28-29-30-31-32-33-36-38-41-44-47-50-53-56-62(65)68-59-60(69-63(66)57-54-51-48-45-42-39-35-27-24-21-18-15-12-9-6-3)58-67-61(64)55-52-49-46-43-40-37-34-26-23-20-17-14-11-8-5-2/h8-9,11-12,17-18,20-22,25-27,29-30,34-35,42,45,51,54,60H,4-7,10,13-16,19,23-24,28,31-33,36-41,43-44,46-50,52-53,55-59H2,1-3H3/b11-8-,12-9-,20-17-,21-18-,25-22-,30-29-,34-26-,35-27-,45-42-,54-51-. The Morgan fingerprint density at radius 2 is 0.609 bits per heavy atom. The number of allylic oxidation sites excluding steroid dienone is 19. The molecule has 0 radical (unpaired) electrons. The summed E-state index contributed by atoms with van der Waals surface area (Å²) in [5.41, 5.74) is 0. The van der Waals surface area contributed by atoms with Gasteiger partial charge in [0.05, 0.1) is 6.42 Å². The minimum absolute atomic E-state index is 0.0878. The van der Waals surface area contributed by atoms with Gasteiger partial charge >= 0.3 is 17.9 Å². The number of unbranched alkanes of at least 4 members (excludes halogenated alkanes) is 19. The van der Waals surface area contributed by atoms with E-state index in [1.54, 1.807) is 6.08 Å². The summed E-state index contributed by atoms with van der Waals surface area (Å²) in [6.45, 7) is 6.29. The largest absolute Gasteiger partial charge is 0.462 e. The number of rotatable bonds is 49. The average molecular weight is 956 g/mol. The first-order valence-electron chi connectivity index (χ1n) is 28.0. The highest BCUT2D eigenvalue weighted by molar-refractivity contribution is 5.72. The Balaban J connectivity index is 4.49. The SMILES string of the molecule is CC/C=C\C/C=C\C/C=C\C/C=C\C/C=C\CC(=O)OC(COC(=O)CCCCCCC/C=C\C/C=C\C/C=C\CC)COC(=O)CCCCCCCCCCC/C=C\C/C=C\CCCCCCC. The van der Waals surface area contributed by atoms with Crippen LogP contribution >= 0.6 is 0 Å². The number of hydrogen-bond donors (Lipinski definition) is 0. The van der Waals surface area contributed by atoms with Gasteiger partial charge in [-0.1, -0.05) is 232 Å². The van der Waals surface area contributed by atoms with E-state index in [0.717, 1.165) is 109 Å². The van der Waals surface area contributed by atoms with E-state index in [9.17, 15) is 14.4 Å². The zero-order valence-corrected chi connectivity index (χ0v) is 44.5. The molecule has 0 saturated heterocycles. The van der Waals surface area contributed by atoms with E-state index in [-0.39, 0.29) is 31.6 Å². The molecule has 69 heavy (non-hydrogen) atoms. The molecular formula is C63H102O6. The summed E-state index contributed by atoms with van der Waals surface area (Å²) in [5, 5.41) is 0. The topological polar surface area (TPSA) is 78.9 Å². The van der Waals surface area contributed by atoms with Crippen LogP contribution < -0.4 is 0 Å². The van der Waals surface area contributed by atoms with Gasteiger partial charge in [-0.2, -0.15) is 0 Å². The van der Waals surface area contributed by atoms with Gasteiger partial charge < -0.3 is 14.2 Å². The van der Waals surface area contributed by atoms with E-state index >= 15 is 0 Å². The van der Waals surface area contributed by atoms with Gasteiger partial charge in [-0.05, 0) is 109 Å². The summed E-state index contributed by atoms with van der Waals surface area (Å²) in [5.74, 6) is -1.08. The van der Waals surface area contributed by atoms with E-state index in [0.29, 0.717) is 19.3 Å². The van der Waals surface area contributed by atoms with E-state index < -0.39 is 12.1 Å². The highest BCUT2D eigenvalue weighted by atomic mass is 16.6. The second-order valence-electron chi connectivity index (χ2n) is 18.1. The molecule has 0 heterocycles. The quantitative estimate of drug-likeness (QED) is 0.0262. The minimum Gasteiger partial charge on any atom is -0.462 e. The van der Waals surface area contributed by atoms with Crippen molar-refractivity contribution in [1.82, 2.24) is 0 Å². The maximum Gasteiger partial charge on any atom is 0.310 e. The lowest BCUT2D eigenvalue weighted by molar-refractivity contribution is -0.166. The van der Waals surface area contributed by atoms with Gasteiger partial charge in [0, 0.05) is 12.8 Å². The zero-order valence-electron chi connectivity index (χ0n) is 44.5. The molecule has 0 amide bonds. The summed E-state index contributed by atoms with van der Waals surface area (Å²) in [6, 6.07) is 0. The third-order valence-electron chi connectivity index (χ3n) is 11.5. The van der Waals surface area contributed by atoms with Gasteiger partial charge in [0.2, 0.25) is 0 Å². The van der Waals surface area contributed by atoms with Gasteiger partial charge in [-0.15, -0.1) is 0 Å². The van der Waals surface area contributed by atoms with Crippen LogP contribution in [-0.4, -0.2) is 37.2 Å². The van der Waals surface area contributed by atoms with E-state index in [1.165, 1.54) is 83.5 Å². The lowest BCUT2D eigenvalue weighted by Crippen LogP contribution is -2.30. The molecule has 0 spiro atoms. The predicted octanol–water partition coefficient (Wildman–Crippen LogP) is 18.9. The lowest BCUT2D eigenvalue weighted by atomic mass is 10.1. The normalized spacial score (nSPS) is 13.0. The molecule has 0 aliphatic heterocycles. The molecule has 0 aromatic rings. The monoisotopic (exact) mass is 955 g/mol. The van der Waals surface area contributed by atoms with Crippen molar-refractivity contribution in [1.29, 1.82) is 0 Å². The highest BCUT2D eigenvalue weighted by Gasteiger charge is 2.19. The third-order valence-corrected chi connectivity index (χ3v) is 11.5. The molecular weight excluding hydrogens is 853 g/mol. The Hall–Kier alpha value is -4.19. The number of ether oxygens (including phenoxy) is 3. The maximum atomic E-state index is 12.8. The van der Waals surface area contributed by atoms with Crippen LogP contribution in [0, 0.1) is 0 Å². The smallest absolute Gasteiger partial charge is 0.310 e. The number of esters is 3. The first-order chi connectivity index (χ1) is 34.0. The van der Waals surface area contributed by atoms with Crippen molar-refractivity contribution in [3.63, 3.8) is 0 Å². The van der Waals surface area contributed by atoms with Gasteiger partial charge in [0.1, 0.15) is 13.2 Å². The molecule has 0 N–H and O–H groups in total. The predicted molar refractivity (Wildman–Crippen MR) is 297 cm³/mol. The van der Waals surface area contributed by atoms with Gasteiger partial charge in [-0.25, -0.2) is 0 Å². The zero-order chi connectivity index (χ0) is 50.0. The fourth-order valence-electron chi connectivity index (χ4n) is 7.33. The second kappa shape index (κ2) is 56.4. The first-order valence-corrected chi connectivity index (χ1v) is 28.0. The fraction of sp³-hybridized carbons (Fsp3) is 0.635. The summed E-state index contributed by atoms with van der Waals surface area (Å²) in [7, 11) is 0. The van der Waals surface area contributed by atoms with Crippen molar-refractivity contribution < 1.29 is 28.6 Å². The Morgan fingerprint density at radius 3 is 0.957 bits per heavy atom. The van der Waals surface area contributed by atoms with Crippen LogP contribution in [0.1, 0.15) is 239 Å². The molecule has 0 aliphatic rings. The maximum absolute atomic E-state index is 12.8. The van der Waals surface area contributed by atoms with Crippen LogP contribution in [0.3, 0.4) is 0 Å². The first kappa shape index (κ1) is 64.8. The van der Waals surface area contributed by atoms with Crippen LogP contribution in [0.2, 0.25) is 0 Å². The molecule has 0 aromatic carbocycles. The van der Waals surface area contributed by atoms with Crippen LogP contribution in [0.25, 0.3) is 0 Å². The van der Waals surface area contributed by atoms with Crippen molar-refractivity contribution in [2.45, 2.75) is 245 Å². The number of hydrogen-bond acceptors (Lipinski definition) is 6. The summed E-state index contributed by atoms with van der Waals surface area (Å²) in [4.78, 5) is 38.1.